The molecule has 1 aromatic rings. The van der Waals surface area contributed by atoms with E-state index in [9.17, 15) is 9.59 Å². The first-order valence-electron chi connectivity index (χ1n) is 8.75. The van der Waals surface area contributed by atoms with E-state index in [1.54, 1.807) is 12.1 Å². The zero-order chi connectivity index (χ0) is 18.7. The average molecular weight is 400 g/mol. The number of anilines is 1. The van der Waals surface area contributed by atoms with Crippen LogP contribution in [0.3, 0.4) is 0 Å². The Morgan fingerprint density at radius 3 is 2.48 bits per heavy atom. The Bertz CT molecular complexity index is 704. The monoisotopic (exact) mass is 399 g/mol. The SMILES string of the molecule is COC(=O)c1cc(O[C@H]2CC[C@@]3(CC2)NCCNC3=O)c(OC)cc1N.Cl. The van der Waals surface area contributed by atoms with Crippen LogP contribution in [0.1, 0.15) is 36.0 Å². The molecule has 0 unspecified atom stereocenters. The lowest BCUT2D eigenvalue weighted by Gasteiger charge is -2.42. The van der Waals surface area contributed by atoms with Gasteiger partial charge < -0.3 is 30.6 Å². The molecule has 1 aromatic carbocycles. The lowest BCUT2D eigenvalue weighted by Crippen LogP contribution is -2.64. The molecule has 1 amide bonds. The molecule has 1 saturated heterocycles. The van der Waals surface area contributed by atoms with Crippen molar-refractivity contribution in [3.8, 4) is 11.5 Å². The van der Waals surface area contributed by atoms with Crippen molar-refractivity contribution in [1.29, 1.82) is 0 Å². The summed E-state index contributed by atoms with van der Waals surface area (Å²) in [6, 6.07) is 3.11. The molecule has 8 nitrogen and oxygen atoms in total. The van der Waals surface area contributed by atoms with E-state index in [-0.39, 0.29) is 35.7 Å². The predicted molar refractivity (Wildman–Crippen MR) is 103 cm³/mol. The van der Waals surface area contributed by atoms with Gasteiger partial charge in [0.15, 0.2) is 11.5 Å². The zero-order valence-corrected chi connectivity index (χ0v) is 16.3. The summed E-state index contributed by atoms with van der Waals surface area (Å²) >= 11 is 0. The van der Waals surface area contributed by atoms with Crippen molar-refractivity contribution >= 4 is 30.0 Å². The fourth-order valence-corrected chi connectivity index (χ4v) is 3.63. The summed E-state index contributed by atoms with van der Waals surface area (Å²) in [5.41, 5.74) is 5.92. The number of nitrogens with one attached hydrogen (secondary N) is 2. The second-order valence-corrected chi connectivity index (χ2v) is 6.66. The molecule has 4 N–H and O–H groups in total. The Labute approximate surface area is 164 Å². The maximum atomic E-state index is 12.2. The highest BCUT2D eigenvalue weighted by Gasteiger charge is 2.43. The largest absolute Gasteiger partial charge is 0.493 e. The number of carbonyl (C=O) groups excluding carboxylic acids is 2. The minimum absolute atomic E-state index is 0. The van der Waals surface area contributed by atoms with Gasteiger partial charge in [-0.2, -0.15) is 0 Å². The van der Waals surface area contributed by atoms with Crippen LogP contribution in [0.5, 0.6) is 11.5 Å². The summed E-state index contributed by atoms with van der Waals surface area (Å²) in [5.74, 6) is 0.453. The summed E-state index contributed by atoms with van der Waals surface area (Å²) in [5, 5.41) is 6.29. The fourth-order valence-electron chi connectivity index (χ4n) is 3.63. The molecule has 1 saturated carbocycles. The maximum Gasteiger partial charge on any atom is 0.340 e. The summed E-state index contributed by atoms with van der Waals surface area (Å²) in [4.78, 5) is 24.1. The van der Waals surface area contributed by atoms with Crippen LogP contribution in [0.2, 0.25) is 0 Å². The molecule has 27 heavy (non-hydrogen) atoms. The molecule has 1 heterocycles. The van der Waals surface area contributed by atoms with Gasteiger partial charge in [0.05, 0.1) is 37.1 Å². The quantitative estimate of drug-likeness (QED) is 0.516. The van der Waals surface area contributed by atoms with Crippen molar-refractivity contribution in [2.24, 2.45) is 0 Å². The van der Waals surface area contributed by atoms with Crippen LogP contribution >= 0.6 is 12.4 Å². The molecule has 1 aliphatic carbocycles. The standard InChI is InChI=1S/C18H25N3O5.ClH/c1-24-14-10-13(19)12(16(22)25-2)9-15(14)26-11-3-5-18(6-4-11)17(23)20-7-8-21-18;/h9-11,21H,3-8,19H2,1-2H3,(H,20,23);1H/t11-,18-;. The number of ether oxygens (including phenoxy) is 3. The number of benzene rings is 1. The third-order valence-corrected chi connectivity index (χ3v) is 5.13. The number of nitrogens with two attached hydrogens (primary N) is 1. The van der Waals surface area contributed by atoms with Crippen LogP contribution in [-0.2, 0) is 9.53 Å². The third kappa shape index (κ3) is 4.22. The minimum atomic E-state index is -0.527. The van der Waals surface area contributed by atoms with E-state index in [4.69, 9.17) is 19.9 Å². The van der Waals surface area contributed by atoms with E-state index in [0.29, 0.717) is 30.9 Å². The van der Waals surface area contributed by atoms with Crippen LogP contribution in [0.4, 0.5) is 5.69 Å². The first kappa shape index (κ1) is 21.1. The molecule has 9 heteroatoms. The van der Waals surface area contributed by atoms with E-state index in [1.807, 2.05) is 0 Å². The second-order valence-electron chi connectivity index (χ2n) is 6.66. The van der Waals surface area contributed by atoms with E-state index in [1.165, 1.54) is 14.2 Å². The molecular weight excluding hydrogens is 374 g/mol. The molecule has 2 aliphatic rings. The number of halogens is 1. The highest BCUT2D eigenvalue weighted by atomic mass is 35.5. The smallest absolute Gasteiger partial charge is 0.340 e. The van der Waals surface area contributed by atoms with Gasteiger partial charge in [-0.05, 0) is 25.7 Å². The van der Waals surface area contributed by atoms with Crippen molar-refractivity contribution in [2.75, 3.05) is 33.0 Å². The number of amides is 1. The molecule has 0 aromatic heterocycles. The summed E-state index contributed by atoms with van der Waals surface area (Å²) < 4.78 is 16.2. The van der Waals surface area contributed by atoms with Gasteiger partial charge in [-0.25, -0.2) is 4.79 Å². The van der Waals surface area contributed by atoms with Gasteiger partial charge in [0.1, 0.15) is 0 Å². The third-order valence-electron chi connectivity index (χ3n) is 5.13. The average Bonchev–Trinajstić information content (AvgIpc) is 2.66. The highest BCUT2D eigenvalue weighted by molar-refractivity contribution is 5.96. The zero-order valence-electron chi connectivity index (χ0n) is 15.5. The molecule has 1 spiro atoms. The van der Waals surface area contributed by atoms with E-state index in [2.05, 4.69) is 10.6 Å². The highest BCUT2D eigenvalue weighted by Crippen LogP contribution is 2.37. The number of rotatable bonds is 4. The number of carbonyl (C=O) groups is 2. The maximum absolute atomic E-state index is 12.2. The van der Waals surface area contributed by atoms with Crippen molar-refractivity contribution in [3.05, 3.63) is 17.7 Å². The van der Waals surface area contributed by atoms with Crippen LogP contribution < -0.4 is 25.8 Å². The fraction of sp³-hybridized carbons (Fsp3) is 0.556. The molecule has 3 rings (SSSR count). The first-order chi connectivity index (χ1) is 12.5. The van der Waals surface area contributed by atoms with Gasteiger partial charge in [0.25, 0.3) is 0 Å². The Kier molecular flexibility index (Phi) is 6.78. The van der Waals surface area contributed by atoms with Crippen LogP contribution in [0.15, 0.2) is 12.1 Å². The van der Waals surface area contributed by atoms with Gasteiger partial charge in [-0.1, -0.05) is 0 Å². The molecule has 0 bridgehead atoms. The lowest BCUT2D eigenvalue weighted by molar-refractivity contribution is -0.131. The Balaban J connectivity index is 0.00000261. The van der Waals surface area contributed by atoms with Gasteiger partial charge in [0.2, 0.25) is 5.91 Å². The first-order valence-corrected chi connectivity index (χ1v) is 8.75. The molecule has 2 fully saturated rings. The Morgan fingerprint density at radius 1 is 1.19 bits per heavy atom. The molecule has 1 aliphatic heterocycles. The number of esters is 1. The minimum Gasteiger partial charge on any atom is -0.493 e. The van der Waals surface area contributed by atoms with Gasteiger partial charge >= 0.3 is 5.97 Å². The van der Waals surface area contributed by atoms with Crippen LogP contribution in [0.25, 0.3) is 0 Å². The summed E-state index contributed by atoms with van der Waals surface area (Å²) in [6.07, 6.45) is 2.78. The van der Waals surface area contributed by atoms with Crippen LogP contribution in [-0.4, -0.2) is 50.8 Å². The Hall–Kier alpha value is -2.19. The second kappa shape index (κ2) is 8.67. The lowest BCUT2D eigenvalue weighted by atomic mass is 9.78. The van der Waals surface area contributed by atoms with Gasteiger partial charge in [-0.15, -0.1) is 12.4 Å². The number of methoxy groups -OCH3 is 2. The number of piperazine rings is 1. The summed E-state index contributed by atoms with van der Waals surface area (Å²) in [6.45, 7) is 1.45. The molecule has 0 atom stereocenters. The predicted octanol–water partition coefficient (Wildman–Crippen LogP) is 1.27. The van der Waals surface area contributed by atoms with E-state index < -0.39 is 11.5 Å². The topological polar surface area (TPSA) is 112 Å². The molecule has 150 valence electrons. The number of hydrogen-bond donors (Lipinski definition) is 3. The van der Waals surface area contributed by atoms with Gasteiger partial charge in [0, 0.05) is 25.2 Å². The van der Waals surface area contributed by atoms with Crippen molar-refractivity contribution < 1.29 is 23.8 Å². The molecule has 0 radical (unpaired) electrons. The van der Waals surface area contributed by atoms with Crippen molar-refractivity contribution in [1.82, 2.24) is 10.6 Å². The van der Waals surface area contributed by atoms with Gasteiger partial charge in [-0.3, -0.25) is 4.79 Å². The Morgan fingerprint density at radius 2 is 1.89 bits per heavy atom. The summed E-state index contributed by atoms with van der Waals surface area (Å²) in [7, 11) is 2.82. The van der Waals surface area contributed by atoms with Crippen LogP contribution in [0, 0.1) is 0 Å². The van der Waals surface area contributed by atoms with E-state index in [0.717, 1.165) is 19.4 Å². The number of hydrogen-bond acceptors (Lipinski definition) is 7. The normalized spacial score (nSPS) is 24.5. The van der Waals surface area contributed by atoms with E-state index >= 15 is 0 Å². The number of nitrogen functional groups attached to an aromatic ring is 1. The van der Waals surface area contributed by atoms with Crippen molar-refractivity contribution in [2.45, 2.75) is 37.3 Å². The van der Waals surface area contributed by atoms with Crippen molar-refractivity contribution in [3.63, 3.8) is 0 Å². The molecular formula is C18H26ClN3O5.